The lowest BCUT2D eigenvalue weighted by Crippen LogP contribution is -2.37. The van der Waals surface area contributed by atoms with Crippen LogP contribution in [0.5, 0.6) is 5.75 Å². The van der Waals surface area contributed by atoms with Crippen LogP contribution in [0, 0.1) is 0 Å². The number of benzene rings is 3. The van der Waals surface area contributed by atoms with Gasteiger partial charge in [-0.25, -0.2) is 8.42 Å². The number of ether oxygens (including phenoxy) is 1. The second-order valence-corrected chi connectivity index (χ2v) is 9.49. The van der Waals surface area contributed by atoms with Gasteiger partial charge >= 0.3 is 0 Å². The third kappa shape index (κ3) is 5.44. The van der Waals surface area contributed by atoms with Gasteiger partial charge in [0.25, 0.3) is 0 Å². The van der Waals surface area contributed by atoms with E-state index in [2.05, 4.69) is 15.4 Å². The van der Waals surface area contributed by atoms with Crippen molar-refractivity contribution >= 4 is 33.2 Å². The van der Waals surface area contributed by atoms with Crippen LogP contribution in [0.25, 0.3) is 0 Å². The summed E-state index contributed by atoms with van der Waals surface area (Å²) in [5.41, 5.74) is 2.35. The van der Waals surface area contributed by atoms with Crippen LogP contribution >= 0.6 is 0 Å². The van der Waals surface area contributed by atoms with Gasteiger partial charge in [-0.05, 0) is 66.9 Å². The Morgan fingerprint density at radius 2 is 1.76 bits per heavy atom. The van der Waals surface area contributed by atoms with E-state index in [4.69, 9.17) is 4.74 Å². The molecule has 3 aromatic carbocycles. The molecule has 3 aromatic rings. The van der Waals surface area contributed by atoms with Gasteiger partial charge in [0, 0.05) is 17.8 Å². The first-order valence-electron chi connectivity index (χ1n) is 10.9. The van der Waals surface area contributed by atoms with E-state index < -0.39 is 22.0 Å². The fourth-order valence-electron chi connectivity index (χ4n) is 3.68. The molecular formula is C25H25N3O5S. The van der Waals surface area contributed by atoms with Crippen molar-refractivity contribution in [3.63, 3.8) is 0 Å². The van der Waals surface area contributed by atoms with Crippen molar-refractivity contribution in [3.05, 3.63) is 83.9 Å². The summed E-state index contributed by atoms with van der Waals surface area (Å²) in [5, 5.41) is 5.51. The number of amides is 2. The second kappa shape index (κ2) is 10.1. The lowest BCUT2D eigenvalue weighted by Gasteiger charge is -2.21. The van der Waals surface area contributed by atoms with E-state index in [9.17, 15) is 18.0 Å². The Hall–Kier alpha value is -3.69. The number of hydrogen-bond acceptors (Lipinski definition) is 5. The van der Waals surface area contributed by atoms with Crippen molar-refractivity contribution in [1.29, 1.82) is 0 Å². The number of rotatable bonds is 8. The lowest BCUT2D eigenvalue weighted by molar-refractivity contribution is -0.118. The highest BCUT2D eigenvalue weighted by Crippen LogP contribution is 2.27. The number of carbonyl (C=O) groups excluding carboxylic acids is 2. The maximum atomic E-state index is 13.2. The molecule has 176 valence electrons. The Morgan fingerprint density at radius 1 is 1.03 bits per heavy atom. The Labute approximate surface area is 198 Å². The molecule has 0 aliphatic carbocycles. The smallest absolute Gasteiger partial charge is 0.247 e. The molecule has 34 heavy (non-hydrogen) atoms. The molecular weight excluding hydrogens is 454 g/mol. The van der Waals surface area contributed by atoms with E-state index in [0.717, 1.165) is 5.56 Å². The third-order valence-electron chi connectivity index (χ3n) is 5.38. The molecule has 0 radical (unpaired) electrons. The van der Waals surface area contributed by atoms with Gasteiger partial charge in [0.1, 0.15) is 11.8 Å². The number of sulfonamides is 1. The van der Waals surface area contributed by atoms with Gasteiger partial charge in [-0.1, -0.05) is 30.3 Å². The van der Waals surface area contributed by atoms with E-state index in [0.29, 0.717) is 42.1 Å². The number of anilines is 2. The fraction of sp³-hybridized carbons (Fsp3) is 0.200. The number of hydrogen-bond donors (Lipinski definition) is 3. The number of fused-ring (bicyclic) bond motifs is 1. The fourth-order valence-corrected chi connectivity index (χ4v) is 4.92. The molecule has 0 spiro atoms. The average molecular weight is 480 g/mol. The maximum absolute atomic E-state index is 13.2. The molecule has 0 aromatic heterocycles. The number of nitrogens with one attached hydrogen (secondary N) is 3. The van der Waals surface area contributed by atoms with Crippen LogP contribution in [0.3, 0.4) is 0 Å². The second-order valence-electron chi connectivity index (χ2n) is 7.78. The van der Waals surface area contributed by atoms with Gasteiger partial charge < -0.3 is 15.4 Å². The molecule has 0 saturated carbocycles. The zero-order chi connectivity index (χ0) is 24.1. The summed E-state index contributed by atoms with van der Waals surface area (Å²) in [6, 6.07) is 18.8. The van der Waals surface area contributed by atoms with Crippen LogP contribution in [0.4, 0.5) is 11.4 Å². The highest BCUT2D eigenvalue weighted by molar-refractivity contribution is 7.89. The summed E-state index contributed by atoms with van der Waals surface area (Å²) in [4.78, 5) is 24.8. The summed E-state index contributed by atoms with van der Waals surface area (Å²) in [6.45, 7) is 2.41. The van der Waals surface area contributed by atoms with E-state index in [-0.39, 0.29) is 10.8 Å². The molecule has 8 nitrogen and oxygen atoms in total. The zero-order valence-electron chi connectivity index (χ0n) is 18.6. The van der Waals surface area contributed by atoms with Crippen molar-refractivity contribution in [2.24, 2.45) is 0 Å². The molecule has 1 atom stereocenters. The molecule has 1 aliphatic rings. The van der Waals surface area contributed by atoms with E-state index >= 15 is 0 Å². The minimum absolute atomic E-state index is 0.0252. The van der Waals surface area contributed by atoms with Crippen molar-refractivity contribution in [2.45, 2.75) is 30.7 Å². The van der Waals surface area contributed by atoms with E-state index in [1.165, 1.54) is 12.1 Å². The van der Waals surface area contributed by atoms with Gasteiger partial charge in [0.15, 0.2) is 0 Å². The monoisotopic (exact) mass is 479 g/mol. The Bertz CT molecular complexity index is 1290. The van der Waals surface area contributed by atoms with E-state index in [1.54, 1.807) is 60.7 Å². The molecule has 4 rings (SSSR count). The summed E-state index contributed by atoms with van der Waals surface area (Å²) in [5.74, 6) is 0.0462. The molecule has 9 heteroatoms. The van der Waals surface area contributed by atoms with Crippen LogP contribution in [0.2, 0.25) is 0 Å². The van der Waals surface area contributed by atoms with Crippen LogP contribution in [-0.4, -0.2) is 26.8 Å². The van der Waals surface area contributed by atoms with Gasteiger partial charge in [0.05, 0.1) is 11.5 Å². The lowest BCUT2D eigenvalue weighted by atomic mass is 10.0. The summed E-state index contributed by atoms with van der Waals surface area (Å²) in [6.07, 6.45) is 0.742. The highest BCUT2D eigenvalue weighted by atomic mass is 32.2. The van der Waals surface area contributed by atoms with Gasteiger partial charge in [-0.3, -0.25) is 9.59 Å². The van der Waals surface area contributed by atoms with E-state index in [1.807, 2.05) is 6.92 Å². The molecule has 0 unspecified atom stereocenters. The molecule has 0 saturated heterocycles. The first-order chi connectivity index (χ1) is 16.4. The first-order valence-corrected chi connectivity index (χ1v) is 12.4. The van der Waals surface area contributed by atoms with Gasteiger partial charge in [-0.2, -0.15) is 4.72 Å². The average Bonchev–Trinajstić information content (AvgIpc) is 2.84. The summed E-state index contributed by atoms with van der Waals surface area (Å²) < 4.78 is 34.4. The quantitative estimate of drug-likeness (QED) is 0.457. The topological polar surface area (TPSA) is 114 Å². The predicted octanol–water partition coefficient (Wildman–Crippen LogP) is 3.63. The summed E-state index contributed by atoms with van der Waals surface area (Å²) >= 11 is 0. The van der Waals surface area contributed by atoms with Crippen LogP contribution in [0.15, 0.2) is 77.7 Å². The summed E-state index contributed by atoms with van der Waals surface area (Å²) in [7, 11) is -4.05. The normalized spacial score (nSPS) is 14.0. The molecule has 2 amide bonds. The molecule has 3 N–H and O–H groups in total. The zero-order valence-corrected chi connectivity index (χ0v) is 19.4. The maximum Gasteiger partial charge on any atom is 0.247 e. The Balaban J connectivity index is 1.59. The predicted molar refractivity (Wildman–Crippen MR) is 129 cm³/mol. The number of aryl methyl sites for hydroxylation is 1. The highest BCUT2D eigenvalue weighted by Gasteiger charge is 2.28. The van der Waals surface area contributed by atoms with Crippen LogP contribution < -0.4 is 20.1 Å². The Kier molecular flexibility index (Phi) is 6.95. The van der Waals surface area contributed by atoms with Crippen molar-refractivity contribution in [1.82, 2.24) is 4.72 Å². The molecule has 1 aliphatic heterocycles. The molecule has 0 bridgehead atoms. The minimum Gasteiger partial charge on any atom is -0.494 e. The molecule has 0 fully saturated rings. The first kappa shape index (κ1) is 23.5. The standard InChI is InChI=1S/C25H25N3O5S/c1-2-33-20-11-9-19(10-12-20)26-25(30)24(17-6-4-3-5-7-17)28-34(31,32)21-13-14-22-18(16-21)8-15-23(29)27-22/h3-7,9-14,16,24,28H,2,8,15H2,1H3,(H,26,30)(H,27,29)/t24-/m1/s1. The largest absolute Gasteiger partial charge is 0.494 e. The minimum atomic E-state index is -4.05. The third-order valence-corrected chi connectivity index (χ3v) is 6.80. The SMILES string of the molecule is CCOc1ccc(NC(=O)[C@H](NS(=O)(=O)c2ccc3c(c2)CCC(=O)N3)c2ccccc2)cc1. The van der Waals surface area contributed by atoms with Gasteiger partial charge in [-0.15, -0.1) is 0 Å². The van der Waals surface area contributed by atoms with Crippen molar-refractivity contribution < 1.29 is 22.7 Å². The van der Waals surface area contributed by atoms with Crippen LogP contribution in [-0.2, 0) is 26.0 Å². The molecule has 1 heterocycles. The van der Waals surface area contributed by atoms with Crippen molar-refractivity contribution in [2.75, 3.05) is 17.2 Å². The van der Waals surface area contributed by atoms with Crippen molar-refractivity contribution in [3.8, 4) is 5.75 Å². The van der Waals surface area contributed by atoms with Gasteiger partial charge in [0.2, 0.25) is 21.8 Å². The Morgan fingerprint density at radius 3 is 2.47 bits per heavy atom. The number of carbonyl (C=O) groups is 2. The van der Waals surface area contributed by atoms with Crippen LogP contribution in [0.1, 0.15) is 30.5 Å².